The van der Waals surface area contributed by atoms with Gasteiger partial charge in [0.15, 0.2) is 0 Å². The lowest BCUT2D eigenvalue weighted by Crippen LogP contribution is -2.26. The zero-order valence-electron chi connectivity index (χ0n) is 10.3. The molecule has 0 saturated carbocycles. The van der Waals surface area contributed by atoms with Crippen molar-refractivity contribution in [2.24, 2.45) is 0 Å². The quantitative estimate of drug-likeness (QED) is 0.913. The molecule has 94 valence electrons. The highest BCUT2D eigenvalue weighted by molar-refractivity contribution is 7.09. The van der Waals surface area contributed by atoms with E-state index in [-0.39, 0.29) is 5.91 Å². The van der Waals surface area contributed by atoms with E-state index in [1.54, 1.807) is 36.5 Å². The number of thiophene rings is 1. The smallest absolute Gasteiger partial charge is 0.274 e. The number of hydrogen-bond acceptors (Lipinski definition) is 5. The fourth-order valence-electron chi connectivity index (χ4n) is 1.47. The maximum absolute atomic E-state index is 12.1. The zero-order valence-corrected chi connectivity index (χ0v) is 11.1. The summed E-state index contributed by atoms with van der Waals surface area (Å²) in [6.45, 7) is 0.589. The van der Waals surface area contributed by atoms with Crippen LogP contribution >= 0.6 is 11.3 Å². The number of aromatic nitrogens is 2. The molecular formula is C12H14N4OS. The molecule has 0 aliphatic rings. The third-order valence-electron chi connectivity index (χ3n) is 2.45. The van der Waals surface area contributed by atoms with Crippen LogP contribution in [0.25, 0.3) is 0 Å². The van der Waals surface area contributed by atoms with Crippen molar-refractivity contribution in [1.82, 2.24) is 14.9 Å². The van der Waals surface area contributed by atoms with Gasteiger partial charge in [0.25, 0.3) is 5.91 Å². The highest BCUT2D eigenvalue weighted by atomic mass is 32.1. The normalized spacial score (nSPS) is 10.1. The van der Waals surface area contributed by atoms with E-state index in [4.69, 9.17) is 0 Å². The zero-order chi connectivity index (χ0) is 13.0. The third-order valence-corrected chi connectivity index (χ3v) is 3.31. The summed E-state index contributed by atoms with van der Waals surface area (Å²) >= 11 is 1.63. The van der Waals surface area contributed by atoms with Gasteiger partial charge in [-0.25, -0.2) is 9.97 Å². The molecule has 1 N–H and O–H groups in total. The molecule has 0 radical (unpaired) electrons. The molecule has 0 fully saturated rings. The molecule has 6 heteroatoms. The van der Waals surface area contributed by atoms with Gasteiger partial charge in [-0.2, -0.15) is 0 Å². The fraction of sp³-hybridized carbons (Fsp3) is 0.250. The first-order valence-electron chi connectivity index (χ1n) is 5.48. The molecule has 0 atom stereocenters. The number of carbonyl (C=O) groups is 1. The van der Waals surface area contributed by atoms with Gasteiger partial charge < -0.3 is 10.2 Å². The molecule has 0 spiro atoms. The second kappa shape index (κ2) is 5.59. The Labute approximate surface area is 109 Å². The molecule has 2 aromatic rings. The number of carbonyl (C=O) groups excluding carboxylic acids is 1. The summed E-state index contributed by atoms with van der Waals surface area (Å²) in [5, 5.41) is 4.86. The molecule has 2 rings (SSSR count). The van der Waals surface area contributed by atoms with Crippen LogP contribution in [0.4, 0.5) is 5.82 Å². The number of anilines is 1. The van der Waals surface area contributed by atoms with E-state index in [9.17, 15) is 4.79 Å². The number of nitrogens with one attached hydrogen (secondary N) is 1. The molecular weight excluding hydrogens is 248 g/mol. The molecule has 18 heavy (non-hydrogen) atoms. The number of amides is 1. The van der Waals surface area contributed by atoms with E-state index in [0.29, 0.717) is 18.1 Å². The molecule has 0 aliphatic carbocycles. The first-order chi connectivity index (χ1) is 8.70. The monoisotopic (exact) mass is 262 g/mol. The first kappa shape index (κ1) is 12.5. The van der Waals surface area contributed by atoms with Gasteiger partial charge in [0.2, 0.25) is 0 Å². The summed E-state index contributed by atoms with van der Waals surface area (Å²) in [4.78, 5) is 23.0. The second-order valence-electron chi connectivity index (χ2n) is 3.78. The average molecular weight is 262 g/mol. The van der Waals surface area contributed by atoms with Crippen LogP contribution in [0.15, 0.2) is 29.9 Å². The molecule has 2 heterocycles. The van der Waals surface area contributed by atoms with Crippen LogP contribution in [-0.2, 0) is 6.54 Å². The Balaban J connectivity index is 2.05. The molecule has 1 amide bonds. The average Bonchev–Trinajstić information content (AvgIpc) is 2.91. The minimum atomic E-state index is -0.126. The van der Waals surface area contributed by atoms with Crippen LogP contribution in [0.2, 0.25) is 0 Å². The minimum Gasteiger partial charge on any atom is -0.372 e. The van der Waals surface area contributed by atoms with Crippen molar-refractivity contribution in [3.63, 3.8) is 0 Å². The Bertz CT molecular complexity index is 509. The molecule has 0 saturated heterocycles. The lowest BCUT2D eigenvalue weighted by atomic mass is 10.3. The van der Waals surface area contributed by atoms with E-state index in [0.717, 1.165) is 4.88 Å². The Hall–Kier alpha value is -1.95. The lowest BCUT2D eigenvalue weighted by molar-refractivity contribution is 0.0780. The van der Waals surface area contributed by atoms with E-state index < -0.39 is 0 Å². The van der Waals surface area contributed by atoms with Gasteiger partial charge in [0.05, 0.1) is 18.9 Å². The first-order valence-corrected chi connectivity index (χ1v) is 6.36. The number of rotatable bonds is 4. The Kier molecular flexibility index (Phi) is 3.88. The van der Waals surface area contributed by atoms with Crippen LogP contribution in [0.3, 0.4) is 0 Å². The van der Waals surface area contributed by atoms with Gasteiger partial charge in [-0.3, -0.25) is 4.79 Å². The molecule has 2 aromatic heterocycles. The summed E-state index contributed by atoms with van der Waals surface area (Å²) in [6.07, 6.45) is 3.03. The predicted octanol–water partition coefficient (Wildman–Crippen LogP) is 1.85. The maximum atomic E-state index is 12.1. The van der Waals surface area contributed by atoms with Crippen molar-refractivity contribution < 1.29 is 4.79 Å². The van der Waals surface area contributed by atoms with Crippen LogP contribution in [0.1, 0.15) is 15.4 Å². The highest BCUT2D eigenvalue weighted by Gasteiger charge is 2.14. The summed E-state index contributed by atoms with van der Waals surface area (Å²) in [5.74, 6) is 0.519. The number of nitrogens with zero attached hydrogens (tertiary/aromatic N) is 3. The fourth-order valence-corrected chi connectivity index (χ4v) is 2.23. The molecule has 0 unspecified atom stereocenters. The second-order valence-corrected chi connectivity index (χ2v) is 4.81. The summed E-state index contributed by atoms with van der Waals surface area (Å²) in [7, 11) is 3.52. The van der Waals surface area contributed by atoms with Crippen molar-refractivity contribution in [3.8, 4) is 0 Å². The van der Waals surface area contributed by atoms with Crippen molar-refractivity contribution in [1.29, 1.82) is 0 Å². The Morgan fingerprint density at radius 3 is 2.83 bits per heavy atom. The van der Waals surface area contributed by atoms with Gasteiger partial charge in [-0.1, -0.05) is 6.07 Å². The van der Waals surface area contributed by atoms with Gasteiger partial charge in [-0.05, 0) is 11.4 Å². The summed E-state index contributed by atoms with van der Waals surface area (Å²) < 4.78 is 0. The van der Waals surface area contributed by atoms with Crippen LogP contribution in [-0.4, -0.2) is 34.9 Å². The standard InChI is InChI=1S/C12H14N4OS/c1-13-11-7-14-10(6-15-11)12(17)16(2)8-9-4-3-5-18-9/h3-7H,8H2,1-2H3,(H,13,15). The molecule has 5 nitrogen and oxygen atoms in total. The van der Waals surface area contributed by atoms with Crippen molar-refractivity contribution >= 4 is 23.1 Å². The van der Waals surface area contributed by atoms with Crippen LogP contribution in [0.5, 0.6) is 0 Å². The Morgan fingerprint density at radius 2 is 2.28 bits per heavy atom. The van der Waals surface area contributed by atoms with Gasteiger partial charge >= 0.3 is 0 Å². The number of hydrogen-bond donors (Lipinski definition) is 1. The van der Waals surface area contributed by atoms with E-state index in [1.807, 2.05) is 17.5 Å². The third kappa shape index (κ3) is 2.84. The van der Waals surface area contributed by atoms with E-state index >= 15 is 0 Å². The maximum Gasteiger partial charge on any atom is 0.274 e. The molecule has 0 bridgehead atoms. The summed E-state index contributed by atoms with van der Waals surface area (Å²) in [6, 6.07) is 3.98. The molecule has 0 aromatic carbocycles. The molecule has 0 aliphatic heterocycles. The van der Waals surface area contributed by atoms with Gasteiger partial charge in [-0.15, -0.1) is 11.3 Å². The predicted molar refractivity (Wildman–Crippen MR) is 71.7 cm³/mol. The Morgan fingerprint density at radius 1 is 1.44 bits per heavy atom. The van der Waals surface area contributed by atoms with E-state index in [2.05, 4.69) is 15.3 Å². The minimum absolute atomic E-state index is 0.126. The van der Waals surface area contributed by atoms with Crippen LogP contribution < -0.4 is 5.32 Å². The largest absolute Gasteiger partial charge is 0.372 e. The highest BCUT2D eigenvalue weighted by Crippen LogP contribution is 2.12. The SMILES string of the molecule is CNc1cnc(C(=O)N(C)Cc2cccs2)cn1. The van der Waals surface area contributed by atoms with Crippen molar-refractivity contribution in [2.45, 2.75) is 6.54 Å². The van der Waals surface area contributed by atoms with Crippen molar-refractivity contribution in [2.75, 3.05) is 19.4 Å². The summed E-state index contributed by atoms with van der Waals surface area (Å²) in [5.41, 5.74) is 0.355. The van der Waals surface area contributed by atoms with Crippen molar-refractivity contribution in [3.05, 3.63) is 40.5 Å². The topological polar surface area (TPSA) is 58.1 Å². The van der Waals surface area contributed by atoms with Gasteiger partial charge in [0, 0.05) is 19.0 Å². The van der Waals surface area contributed by atoms with Gasteiger partial charge in [0.1, 0.15) is 11.5 Å². The lowest BCUT2D eigenvalue weighted by Gasteiger charge is -2.15. The van der Waals surface area contributed by atoms with Crippen LogP contribution in [0, 0.1) is 0 Å². The van der Waals surface area contributed by atoms with E-state index in [1.165, 1.54) is 6.20 Å².